The Labute approximate surface area is 74.1 Å². The Morgan fingerprint density at radius 1 is 1.38 bits per heavy atom. The summed E-state index contributed by atoms with van der Waals surface area (Å²) in [7, 11) is 1.18. The van der Waals surface area contributed by atoms with Gasteiger partial charge in [0, 0.05) is 7.11 Å². The van der Waals surface area contributed by atoms with Gasteiger partial charge in [-0.3, -0.25) is 4.79 Å². The molecular formula is C9H7F2O2. The monoisotopic (exact) mass is 185 g/mol. The molecule has 13 heavy (non-hydrogen) atoms. The summed E-state index contributed by atoms with van der Waals surface area (Å²) in [4.78, 5) is 10.3. The number of halogens is 2. The fourth-order valence-corrected chi connectivity index (χ4v) is 0.986. The van der Waals surface area contributed by atoms with Gasteiger partial charge in [-0.2, -0.15) is 0 Å². The first kappa shape index (κ1) is 9.80. The molecule has 0 saturated heterocycles. The van der Waals surface area contributed by atoms with Crippen LogP contribution < -0.4 is 0 Å². The molecule has 0 saturated carbocycles. The third kappa shape index (κ3) is 1.89. The predicted molar refractivity (Wildman–Crippen MR) is 41.8 cm³/mol. The maximum atomic E-state index is 13.0. The van der Waals surface area contributed by atoms with Crippen LogP contribution in [0.4, 0.5) is 8.78 Å². The summed E-state index contributed by atoms with van der Waals surface area (Å²) in [6.45, 7) is 0. The van der Waals surface area contributed by atoms with E-state index in [-0.39, 0.29) is 0 Å². The Hall–Kier alpha value is -1.29. The van der Waals surface area contributed by atoms with Crippen molar-refractivity contribution < 1.29 is 18.3 Å². The van der Waals surface area contributed by atoms with Crippen molar-refractivity contribution in [3.8, 4) is 0 Å². The quantitative estimate of drug-likeness (QED) is 0.717. The minimum atomic E-state index is -1.30. The lowest BCUT2D eigenvalue weighted by molar-refractivity contribution is 0.147. The van der Waals surface area contributed by atoms with E-state index in [2.05, 4.69) is 4.74 Å². The first-order valence-corrected chi connectivity index (χ1v) is 3.55. The molecule has 1 atom stereocenters. The van der Waals surface area contributed by atoms with E-state index in [1.54, 1.807) is 0 Å². The second-order valence-corrected chi connectivity index (χ2v) is 2.37. The van der Waals surface area contributed by atoms with Crippen molar-refractivity contribution in [1.82, 2.24) is 0 Å². The molecule has 1 radical (unpaired) electrons. The van der Waals surface area contributed by atoms with Crippen molar-refractivity contribution in [1.29, 1.82) is 0 Å². The zero-order valence-electron chi connectivity index (χ0n) is 6.88. The maximum Gasteiger partial charge on any atom is 0.234 e. The lowest BCUT2D eigenvalue weighted by Crippen LogP contribution is -2.07. The van der Waals surface area contributed by atoms with Crippen molar-refractivity contribution in [2.75, 3.05) is 7.11 Å². The second kappa shape index (κ2) is 4.09. The molecule has 0 aliphatic carbocycles. The summed E-state index contributed by atoms with van der Waals surface area (Å²) >= 11 is 0. The number of benzene rings is 1. The molecule has 0 aliphatic heterocycles. The normalized spacial score (nSPS) is 12.5. The molecule has 2 nitrogen and oxygen atoms in total. The van der Waals surface area contributed by atoms with Gasteiger partial charge in [0.2, 0.25) is 6.29 Å². The summed E-state index contributed by atoms with van der Waals surface area (Å²) in [5.41, 5.74) is -0.403. The average molecular weight is 185 g/mol. The van der Waals surface area contributed by atoms with Crippen LogP contribution in [0.1, 0.15) is 11.7 Å². The number of methoxy groups -OCH3 is 1. The Bertz CT molecular complexity index is 292. The Kier molecular flexibility index (Phi) is 3.08. The van der Waals surface area contributed by atoms with Crippen LogP contribution in [-0.4, -0.2) is 13.4 Å². The van der Waals surface area contributed by atoms with Gasteiger partial charge in [-0.05, 0) is 12.1 Å². The highest BCUT2D eigenvalue weighted by atomic mass is 19.1. The van der Waals surface area contributed by atoms with Crippen LogP contribution in [0.5, 0.6) is 0 Å². The Morgan fingerprint density at radius 3 is 2.31 bits per heavy atom. The van der Waals surface area contributed by atoms with Crippen LogP contribution in [0, 0.1) is 11.6 Å². The van der Waals surface area contributed by atoms with Gasteiger partial charge in [0.05, 0.1) is 5.56 Å². The van der Waals surface area contributed by atoms with E-state index in [0.29, 0.717) is 0 Å². The number of rotatable bonds is 3. The molecule has 1 rings (SSSR count). The van der Waals surface area contributed by atoms with E-state index in [0.717, 1.165) is 12.1 Å². The van der Waals surface area contributed by atoms with Gasteiger partial charge in [-0.1, -0.05) is 6.07 Å². The number of carbonyl (C=O) groups excluding carboxylic acids is 1. The van der Waals surface area contributed by atoms with Gasteiger partial charge in [-0.15, -0.1) is 0 Å². The van der Waals surface area contributed by atoms with Crippen LogP contribution in [0.2, 0.25) is 0 Å². The van der Waals surface area contributed by atoms with Gasteiger partial charge in [0.15, 0.2) is 6.10 Å². The van der Waals surface area contributed by atoms with E-state index in [4.69, 9.17) is 0 Å². The number of ether oxygens (including phenoxy) is 1. The molecule has 69 valence electrons. The molecule has 1 aromatic carbocycles. The van der Waals surface area contributed by atoms with Gasteiger partial charge in [-0.25, -0.2) is 8.78 Å². The molecule has 4 heteroatoms. The standard InChI is InChI=1S/C9H7F2O2/c1-13-8(5-12)9-6(10)3-2-4-7(9)11/h2-4,8H,1H3/t8-/m0/s1. The van der Waals surface area contributed by atoms with Crippen molar-refractivity contribution in [3.63, 3.8) is 0 Å². The first-order valence-electron chi connectivity index (χ1n) is 3.55. The molecule has 0 spiro atoms. The zero-order valence-corrected chi connectivity index (χ0v) is 6.88. The summed E-state index contributed by atoms with van der Waals surface area (Å²) in [6.07, 6.45) is 0.0930. The van der Waals surface area contributed by atoms with E-state index in [9.17, 15) is 13.6 Å². The highest BCUT2D eigenvalue weighted by molar-refractivity contribution is 5.61. The molecule has 0 amide bonds. The molecule has 0 heterocycles. The third-order valence-corrected chi connectivity index (χ3v) is 1.60. The SMILES string of the molecule is CO[C@@H]([C]=O)c1c(F)cccc1F. The lowest BCUT2D eigenvalue weighted by Gasteiger charge is -2.09. The van der Waals surface area contributed by atoms with Gasteiger partial charge in [0.25, 0.3) is 0 Å². The van der Waals surface area contributed by atoms with Crippen LogP contribution >= 0.6 is 0 Å². The summed E-state index contributed by atoms with van der Waals surface area (Å²) in [5, 5.41) is 0. The molecule has 1 aromatic rings. The van der Waals surface area contributed by atoms with Crippen molar-refractivity contribution in [2.24, 2.45) is 0 Å². The second-order valence-electron chi connectivity index (χ2n) is 2.37. The topological polar surface area (TPSA) is 26.3 Å². The van der Waals surface area contributed by atoms with Crippen LogP contribution in [0.25, 0.3) is 0 Å². The van der Waals surface area contributed by atoms with Crippen molar-refractivity contribution in [3.05, 3.63) is 35.4 Å². The van der Waals surface area contributed by atoms with Crippen LogP contribution in [0.3, 0.4) is 0 Å². The Balaban J connectivity index is 3.17. The predicted octanol–water partition coefficient (Wildman–Crippen LogP) is 1.76. The smallest absolute Gasteiger partial charge is 0.234 e. The molecule has 0 bridgehead atoms. The average Bonchev–Trinajstić information content (AvgIpc) is 2.11. The van der Waals surface area contributed by atoms with Gasteiger partial charge >= 0.3 is 0 Å². The van der Waals surface area contributed by atoms with E-state index >= 15 is 0 Å². The van der Waals surface area contributed by atoms with Crippen molar-refractivity contribution >= 4 is 6.29 Å². The zero-order chi connectivity index (χ0) is 9.84. The van der Waals surface area contributed by atoms with Crippen molar-refractivity contribution in [2.45, 2.75) is 6.10 Å². The maximum absolute atomic E-state index is 13.0. The van der Waals surface area contributed by atoms with E-state index in [1.807, 2.05) is 0 Å². The summed E-state index contributed by atoms with van der Waals surface area (Å²) in [5.74, 6) is -1.62. The minimum absolute atomic E-state index is 0.403. The lowest BCUT2D eigenvalue weighted by atomic mass is 10.1. The van der Waals surface area contributed by atoms with E-state index < -0.39 is 23.3 Å². The first-order chi connectivity index (χ1) is 6.20. The highest BCUT2D eigenvalue weighted by Gasteiger charge is 2.19. The molecular weight excluding hydrogens is 178 g/mol. The van der Waals surface area contributed by atoms with Crippen LogP contribution in [-0.2, 0) is 9.53 Å². The fraction of sp³-hybridized carbons (Fsp3) is 0.222. The number of hydrogen-bond acceptors (Lipinski definition) is 2. The largest absolute Gasteiger partial charge is 0.368 e. The number of hydrogen-bond donors (Lipinski definition) is 0. The summed E-state index contributed by atoms with van der Waals surface area (Å²) in [6, 6.07) is 3.33. The molecule has 0 unspecified atom stereocenters. The van der Waals surface area contributed by atoms with E-state index in [1.165, 1.54) is 19.5 Å². The minimum Gasteiger partial charge on any atom is -0.368 e. The van der Waals surface area contributed by atoms with Gasteiger partial charge in [0.1, 0.15) is 11.6 Å². The highest BCUT2D eigenvalue weighted by Crippen LogP contribution is 2.21. The third-order valence-electron chi connectivity index (χ3n) is 1.60. The molecule has 0 aliphatic rings. The molecule has 0 aromatic heterocycles. The summed E-state index contributed by atoms with van der Waals surface area (Å²) < 4.78 is 30.5. The van der Waals surface area contributed by atoms with Gasteiger partial charge < -0.3 is 4.74 Å². The molecule has 0 N–H and O–H groups in total. The van der Waals surface area contributed by atoms with Crippen LogP contribution in [0.15, 0.2) is 18.2 Å². The Morgan fingerprint density at radius 2 is 1.92 bits per heavy atom. The fourth-order valence-electron chi connectivity index (χ4n) is 0.986. The molecule has 0 fully saturated rings.